The Kier molecular flexibility index (Phi) is 9.44. The smallest absolute Gasteiger partial charge is 0.253 e. The number of fused-ring (bicyclic) bond motifs is 1. The van der Waals surface area contributed by atoms with Crippen LogP contribution in [0.15, 0.2) is 42.6 Å². The van der Waals surface area contributed by atoms with Gasteiger partial charge >= 0.3 is 0 Å². The number of benzene rings is 1. The number of carbonyl (C=O) groups is 3. The summed E-state index contributed by atoms with van der Waals surface area (Å²) in [5.41, 5.74) is 4.55. The maximum absolute atomic E-state index is 13.2. The van der Waals surface area contributed by atoms with Gasteiger partial charge in [0.2, 0.25) is 11.8 Å². The molecule has 3 amide bonds. The van der Waals surface area contributed by atoms with E-state index in [9.17, 15) is 14.4 Å². The van der Waals surface area contributed by atoms with Crippen LogP contribution in [0.2, 0.25) is 0 Å². The summed E-state index contributed by atoms with van der Waals surface area (Å²) in [5, 5.41) is 7.35. The maximum Gasteiger partial charge on any atom is 0.253 e. The summed E-state index contributed by atoms with van der Waals surface area (Å²) in [4.78, 5) is 47.6. The Morgan fingerprint density at radius 1 is 1.11 bits per heavy atom. The first-order valence-electron chi connectivity index (χ1n) is 13.3. The molecule has 0 bridgehead atoms. The first-order chi connectivity index (χ1) is 18.3. The van der Waals surface area contributed by atoms with Crippen molar-refractivity contribution in [2.75, 3.05) is 31.9 Å². The van der Waals surface area contributed by atoms with Crippen LogP contribution in [0, 0.1) is 6.92 Å². The first-order valence-corrected chi connectivity index (χ1v) is 14.3. The zero-order valence-corrected chi connectivity index (χ0v) is 23.2. The van der Waals surface area contributed by atoms with Gasteiger partial charge in [-0.05, 0) is 55.2 Å². The number of piperidine rings is 1. The van der Waals surface area contributed by atoms with E-state index in [0.717, 1.165) is 36.2 Å². The molecule has 1 aromatic carbocycles. The van der Waals surface area contributed by atoms with Gasteiger partial charge in [0.15, 0.2) is 0 Å². The molecular weight excluding hydrogens is 498 g/mol. The average Bonchev–Trinajstić information content (AvgIpc) is 3.33. The van der Waals surface area contributed by atoms with Crippen LogP contribution in [0.1, 0.15) is 59.9 Å². The third kappa shape index (κ3) is 7.16. The fourth-order valence-corrected chi connectivity index (χ4v) is 5.39. The van der Waals surface area contributed by atoms with Crippen LogP contribution in [-0.2, 0) is 16.0 Å². The number of thioether (sulfide) groups is 1. The van der Waals surface area contributed by atoms with Crippen LogP contribution in [-0.4, -0.2) is 69.8 Å². The van der Waals surface area contributed by atoms with Crippen molar-refractivity contribution in [2.45, 2.75) is 51.2 Å². The van der Waals surface area contributed by atoms with Gasteiger partial charge in [-0.15, -0.1) is 11.8 Å². The Morgan fingerprint density at radius 2 is 1.87 bits per heavy atom. The molecule has 1 aliphatic heterocycles. The Bertz CT molecular complexity index is 1280. The number of nitrogens with one attached hydrogen (secondary N) is 3. The fraction of sp³-hybridized carbons (Fsp3) is 0.448. The number of likely N-dealkylation sites (tertiary alicyclic amines) is 1. The molecule has 0 saturated carbocycles. The van der Waals surface area contributed by atoms with Crippen LogP contribution < -0.4 is 10.6 Å². The summed E-state index contributed by atoms with van der Waals surface area (Å²) in [6.45, 7) is 7.72. The van der Waals surface area contributed by atoms with Crippen molar-refractivity contribution in [3.8, 4) is 0 Å². The molecule has 202 valence electrons. The number of aryl methyl sites for hydroxylation is 1. The highest BCUT2D eigenvalue weighted by molar-refractivity contribution is 8.00. The Hall–Kier alpha value is -3.33. The number of pyridine rings is 1. The molecule has 38 heavy (non-hydrogen) atoms. The summed E-state index contributed by atoms with van der Waals surface area (Å²) >= 11 is 1.56. The van der Waals surface area contributed by atoms with E-state index in [1.165, 1.54) is 10.9 Å². The molecule has 9 heteroatoms. The lowest BCUT2D eigenvalue weighted by atomic mass is 9.89. The highest BCUT2D eigenvalue weighted by atomic mass is 32.2. The number of aromatic nitrogens is 2. The molecule has 2 aromatic heterocycles. The van der Waals surface area contributed by atoms with Gasteiger partial charge in [0.05, 0.1) is 23.6 Å². The number of aromatic amines is 1. The topological polar surface area (TPSA) is 107 Å². The van der Waals surface area contributed by atoms with Crippen molar-refractivity contribution in [3.63, 3.8) is 0 Å². The maximum atomic E-state index is 13.2. The molecule has 3 heterocycles. The van der Waals surface area contributed by atoms with E-state index < -0.39 is 0 Å². The summed E-state index contributed by atoms with van der Waals surface area (Å²) in [6.07, 6.45) is 4.20. The second-order valence-corrected chi connectivity index (χ2v) is 11.6. The van der Waals surface area contributed by atoms with Gasteiger partial charge in [0, 0.05) is 48.3 Å². The lowest BCUT2D eigenvalue weighted by molar-refractivity contribution is -0.133. The number of rotatable bonds is 10. The van der Waals surface area contributed by atoms with E-state index >= 15 is 0 Å². The van der Waals surface area contributed by atoms with Crippen molar-refractivity contribution in [3.05, 3.63) is 65.1 Å². The standard InChI is InChI=1S/C29H37N5O3S/c1-19(2)38-18-26(35)32-17-27(36)34-14-11-21(12-15-34)28-24(9-8-20(3)33-28)29(37)30-13-10-22-16-31-25-7-5-4-6-23(22)25/h4-9,16,19,21,31H,10-15,17-18H2,1-3H3,(H,30,37)(H,32,35). The molecular formula is C29H37N5O3S. The van der Waals surface area contributed by atoms with Gasteiger partial charge in [-0.25, -0.2) is 0 Å². The Labute approximate surface area is 228 Å². The fourth-order valence-electron chi connectivity index (χ4n) is 4.81. The minimum Gasteiger partial charge on any atom is -0.361 e. The summed E-state index contributed by atoms with van der Waals surface area (Å²) < 4.78 is 0. The molecule has 3 aromatic rings. The van der Waals surface area contributed by atoms with Crippen LogP contribution in [0.4, 0.5) is 0 Å². The number of para-hydroxylation sites is 1. The van der Waals surface area contributed by atoms with E-state index in [0.29, 0.717) is 36.2 Å². The highest BCUT2D eigenvalue weighted by Gasteiger charge is 2.28. The van der Waals surface area contributed by atoms with E-state index in [-0.39, 0.29) is 30.2 Å². The first kappa shape index (κ1) is 27.7. The van der Waals surface area contributed by atoms with Crippen LogP contribution >= 0.6 is 11.8 Å². The van der Waals surface area contributed by atoms with Crippen LogP contribution in [0.5, 0.6) is 0 Å². The van der Waals surface area contributed by atoms with Gasteiger partial charge in [-0.1, -0.05) is 32.0 Å². The summed E-state index contributed by atoms with van der Waals surface area (Å²) in [6, 6.07) is 11.9. The third-order valence-corrected chi connectivity index (χ3v) is 7.98. The molecule has 0 unspecified atom stereocenters. The zero-order valence-electron chi connectivity index (χ0n) is 22.4. The Balaban J connectivity index is 1.30. The predicted molar refractivity (Wildman–Crippen MR) is 152 cm³/mol. The second-order valence-electron chi connectivity index (χ2n) is 10.0. The predicted octanol–water partition coefficient (Wildman–Crippen LogP) is 3.81. The molecule has 3 N–H and O–H groups in total. The molecule has 8 nitrogen and oxygen atoms in total. The lowest BCUT2D eigenvalue weighted by Crippen LogP contribution is -2.44. The highest BCUT2D eigenvalue weighted by Crippen LogP contribution is 2.29. The molecule has 0 radical (unpaired) electrons. The number of hydrogen-bond donors (Lipinski definition) is 3. The Morgan fingerprint density at radius 3 is 2.63 bits per heavy atom. The molecule has 1 fully saturated rings. The quantitative estimate of drug-likeness (QED) is 0.366. The number of nitrogens with zero attached hydrogens (tertiary/aromatic N) is 2. The minimum atomic E-state index is -0.118. The van der Waals surface area contributed by atoms with E-state index in [4.69, 9.17) is 4.98 Å². The molecule has 1 saturated heterocycles. The SMILES string of the molecule is Cc1ccc(C(=O)NCCc2c[nH]c3ccccc23)c(C2CCN(C(=O)CNC(=O)CSC(C)C)CC2)n1. The van der Waals surface area contributed by atoms with Crippen LogP contribution in [0.3, 0.4) is 0 Å². The average molecular weight is 536 g/mol. The van der Waals surface area contributed by atoms with Gasteiger partial charge < -0.3 is 20.5 Å². The van der Waals surface area contributed by atoms with Gasteiger partial charge in [0.1, 0.15) is 0 Å². The van der Waals surface area contributed by atoms with Crippen molar-refractivity contribution in [1.29, 1.82) is 0 Å². The molecule has 1 aliphatic rings. The zero-order chi connectivity index (χ0) is 27.1. The number of amides is 3. The van der Waals surface area contributed by atoms with E-state index in [2.05, 4.69) is 21.7 Å². The van der Waals surface area contributed by atoms with E-state index in [1.807, 2.05) is 57.3 Å². The van der Waals surface area contributed by atoms with Crippen LogP contribution in [0.25, 0.3) is 10.9 Å². The summed E-state index contributed by atoms with van der Waals surface area (Å²) in [5.74, 6) is 0.159. The lowest BCUT2D eigenvalue weighted by Gasteiger charge is -2.32. The third-order valence-electron chi connectivity index (χ3n) is 6.88. The van der Waals surface area contributed by atoms with Crippen molar-refractivity contribution in [1.82, 2.24) is 25.5 Å². The second kappa shape index (κ2) is 13.0. The van der Waals surface area contributed by atoms with Gasteiger partial charge in [-0.2, -0.15) is 0 Å². The number of H-pyrrole nitrogens is 1. The van der Waals surface area contributed by atoms with Crippen molar-refractivity contribution >= 4 is 40.4 Å². The van der Waals surface area contributed by atoms with Crippen molar-refractivity contribution < 1.29 is 14.4 Å². The molecule has 0 aliphatic carbocycles. The van der Waals surface area contributed by atoms with Gasteiger partial charge in [-0.3, -0.25) is 19.4 Å². The molecule has 4 rings (SSSR count). The minimum absolute atomic E-state index is 0.0228. The molecule has 0 spiro atoms. The largest absolute Gasteiger partial charge is 0.361 e. The monoisotopic (exact) mass is 535 g/mol. The summed E-state index contributed by atoms with van der Waals surface area (Å²) in [7, 11) is 0. The van der Waals surface area contributed by atoms with Gasteiger partial charge in [0.25, 0.3) is 5.91 Å². The van der Waals surface area contributed by atoms with E-state index in [1.54, 1.807) is 16.7 Å². The van der Waals surface area contributed by atoms with Crippen molar-refractivity contribution in [2.24, 2.45) is 0 Å². The molecule has 0 atom stereocenters. The number of hydrogen-bond acceptors (Lipinski definition) is 5. The number of carbonyl (C=O) groups excluding carboxylic acids is 3. The normalized spacial score (nSPS) is 14.2.